The molecule has 6 atom stereocenters. The predicted molar refractivity (Wildman–Crippen MR) is 119 cm³/mol. The van der Waals surface area contributed by atoms with Crippen LogP contribution in [0.4, 0.5) is 13.2 Å². The topological polar surface area (TPSA) is 0 Å². The van der Waals surface area contributed by atoms with E-state index < -0.39 is 18.5 Å². The average molecular weight is 427 g/mol. The van der Waals surface area contributed by atoms with Crippen molar-refractivity contribution in [1.82, 2.24) is 0 Å². The van der Waals surface area contributed by atoms with Gasteiger partial charge >= 0.3 is 0 Å². The Kier molecular flexibility index (Phi) is 8.12. The Hall–Kier alpha value is -0.210. The summed E-state index contributed by atoms with van der Waals surface area (Å²) in [6, 6.07) is 0. The molecule has 4 rings (SSSR count). The Morgan fingerprint density at radius 3 is 1.70 bits per heavy atom. The first kappa shape index (κ1) is 23.0. The summed E-state index contributed by atoms with van der Waals surface area (Å²) in [5.41, 5.74) is 0. The molecule has 0 bridgehead atoms. The molecule has 30 heavy (non-hydrogen) atoms. The minimum atomic E-state index is -1.36. The third kappa shape index (κ3) is 5.77. The van der Waals surface area contributed by atoms with E-state index in [9.17, 15) is 13.2 Å². The zero-order valence-corrected chi connectivity index (χ0v) is 19.2. The van der Waals surface area contributed by atoms with Gasteiger partial charge in [0.05, 0.1) is 0 Å². The second kappa shape index (κ2) is 10.6. The molecule has 0 spiro atoms. The molecule has 0 aliphatic heterocycles. The van der Waals surface area contributed by atoms with Gasteiger partial charge in [0.25, 0.3) is 0 Å². The Balaban J connectivity index is 1.14. The van der Waals surface area contributed by atoms with Crippen molar-refractivity contribution < 1.29 is 13.2 Å². The summed E-state index contributed by atoms with van der Waals surface area (Å²) < 4.78 is 42.2. The number of halogens is 3. The van der Waals surface area contributed by atoms with Gasteiger partial charge in [0.15, 0.2) is 0 Å². The van der Waals surface area contributed by atoms with Gasteiger partial charge in [-0.25, -0.2) is 13.2 Å². The third-order valence-corrected chi connectivity index (χ3v) is 9.87. The van der Waals surface area contributed by atoms with Crippen molar-refractivity contribution >= 4 is 0 Å². The van der Waals surface area contributed by atoms with Crippen LogP contribution >= 0.6 is 0 Å². The van der Waals surface area contributed by atoms with E-state index in [1.165, 1.54) is 64.2 Å². The first-order chi connectivity index (χ1) is 14.5. The van der Waals surface area contributed by atoms with Crippen molar-refractivity contribution in [2.24, 2.45) is 41.4 Å². The predicted octanol–water partition coefficient (Wildman–Crippen LogP) is 8.63. The second-order valence-electron chi connectivity index (χ2n) is 11.8. The molecule has 6 unspecified atom stereocenters. The molecule has 0 N–H and O–H groups in total. The van der Waals surface area contributed by atoms with Crippen LogP contribution in [0.2, 0.25) is 0 Å². The molecule has 3 heteroatoms. The Morgan fingerprint density at radius 1 is 0.500 bits per heavy atom. The van der Waals surface area contributed by atoms with Gasteiger partial charge < -0.3 is 0 Å². The highest BCUT2D eigenvalue weighted by atomic mass is 19.2. The Bertz CT molecular complexity index is 506. The summed E-state index contributed by atoms with van der Waals surface area (Å²) in [7, 11) is 0. The van der Waals surface area contributed by atoms with E-state index >= 15 is 0 Å². The summed E-state index contributed by atoms with van der Waals surface area (Å²) in [5, 5.41) is 0. The van der Waals surface area contributed by atoms with Crippen LogP contribution in [0.15, 0.2) is 0 Å². The Labute approximate surface area is 183 Å². The number of hydrogen-bond acceptors (Lipinski definition) is 0. The molecule has 174 valence electrons. The lowest BCUT2D eigenvalue weighted by molar-refractivity contribution is 0.0171. The Morgan fingerprint density at radius 2 is 1.07 bits per heavy atom. The maximum Gasteiger partial charge on any atom is 0.131 e. The highest BCUT2D eigenvalue weighted by molar-refractivity contribution is 4.90. The minimum Gasteiger partial charge on any atom is -0.247 e. The summed E-state index contributed by atoms with van der Waals surface area (Å²) >= 11 is 0. The van der Waals surface area contributed by atoms with Crippen molar-refractivity contribution in [2.45, 2.75) is 128 Å². The van der Waals surface area contributed by atoms with E-state index in [4.69, 9.17) is 0 Å². The molecule has 0 radical (unpaired) electrons. The van der Waals surface area contributed by atoms with Crippen molar-refractivity contribution in [2.75, 3.05) is 0 Å². The number of hydrogen-bond donors (Lipinski definition) is 0. The summed E-state index contributed by atoms with van der Waals surface area (Å²) in [4.78, 5) is 0. The molecule has 0 aromatic rings. The van der Waals surface area contributed by atoms with E-state index in [1.807, 2.05) is 0 Å². The monoisotopic (exact) mass is 426 g/mol. The van der Waals surface area contributed by atoms with Gasteiger partial charge in [0.2, 0.25) is 0 Å². The third-order valence-electron chi connectivity index (χ3n) is 9.87. The normalized spacial score (nSPS) is 48.4. The van der Waals surface area contributed by atoms with Crippen LogP contribution in [0.1, 0.15) is 110 Å². The molecular formula is C27H45F3. The summed E-state index contributed by atoms with van der Waals surface area (Å²) in [5.74, 6) is 4.38. The van der Waals surface area contributed by atoms with E-state index in [2.05, 4.69) is 6.92 Å². The van der Waals surface area contributed by atoms with Crippen molar-refractivity contribution in [3.63, 3.8) is 0 Å². The first-order valence-electron chi connectivity index (χ1n) is 13.4. The lowest BCUT2D eigenvalue weighted by atomic mass is 9.67. The zero-order valence-electron chi connectivity index (χ0n) is 19.2. The standard InChI is InChI=1S/C27H45F3/c1-18-2-9-21(10-3-18)22-11-6-19(7-12-22)4-5-20-8-14-24(26(29)16-20)23-13-15-25(28)27(30)17-23/h18-27H,2-17H2,1H3. The van der Waals surface area contributed by atoms with Gasteiger partial charge in [0.1, 0.15) is 18.5 Å². The fraction of sp³-hybridized carbons (Fsp3) is 1.00. The largest absolute Gasteiger partial charge is 0.247 e. The van der Waals surface area contributed by atoms with Crippen molar-refractivity contribution in [3.05, 3.63) is 0 Å². The van der Waals surface area contributed by atoms with Crippen LogP contribution in [0.25, 0.3) is 0 Å². The van der Waals surface area contributed by atoms with Gasteiger partial charge in [-0.1, -0.05) is 45.4 Å². The molecule has 0 heterocycles. The molecule has 0 saturated heterocycles. The smallest absolute Gasteiger partial charge is 0.131 e. The molecule has 0 aromatic heterocycles. The molecule has 4 aliphatic rings. The molecule has 4 saturated carbocycles. The fourth-order valence-electron chi connectivity index (χ4n) is 7.69. The highest BCUT2D eigenvalue weighted by Gasteiger charge is 2.40. The molecule has 0 amide bonds. The van der Waals surface area contributed by atoms with Crippen LogP contribution in [-0.4, -0.2) is 18.5 Å². The van der Waals surface area contributed by atoms with Crippen molar-refractivity contribution in [1.29, 1.82) is 0 Å². The van der Waals surface area contributed by atoms with Crippen molar-refractivity contribution in [3.8, 4) is 0 Å². The van der Waals surface area contributed by atoms with Gasteiger partial charge in [-0.15, -0.1) is 0 Å². The molecular weight excluding hydrogens is 381 g/mol. The van der Waals surface area contributed by atoms with Crippen LogP contribution in [0.5, 0.6) is 0 Å². The highest BCUT2D eigenvalue weighted by Crippen LogP contribution is 2.45. The van der Waals surface area contributed by atoms with E-state index in [1.54, 1.807) is 0 Å². The lowest BCUT2D eigenvalue weighted by Gasteiger charge is -2.40. The molecule has 4 fully saturated rings. The van der Waals surface area contributed by atoms with Gasteiger partial charge in [0, 0.05) is 0 Å². The van der Waals surface area contributed by atoms with Crippen LogP contribution in [0, 0.1) is 41.4 Å². The van der Waals surface area contributed by atoms with E-state index in [0.717, 1.165) is 36.5 Å². The second-order valence-corrected chi connectivity index (χ2v) is 11.8. The lowest BCUT2D eigenvalue weighted by Crippen LogP contribution is -2.37. The molecule has 0 nitrogen and oxygen atoms in total. The molecule has 0 aromatic carbocycles. The first-order valence-corrected chi connectivity index (χ1v) is 13.4. The van der Waals surface area contributed by atoms with Gasteiger partial charge in [-0.2, -0.15) is 0 Å². The maximum absolute atomic E-state index is 14.9. The van der Waals surface area contributed by atoms with E-state index in [-0.39, 0.29) is 18.3 Å². The average Bonchev–Trinajstić information content (AvgIpc) is 2.75. The molecule has 4 aliphatic carbocycles. The minimum absolute atomic E-state index is 0.0133. The summed E-state index contributed by atoms with van der Waals surface area (Å²) in [6.07, 6.45) is 14.4. The van der Waals surface area contributed by atoms with Crippen LogP contribution in [-0.2, 0) is 0 Å². The quantitative estimate of drug-likeness (QED) is 0.413. The maximum atomic E-state index is 14.9. The summed E-state index contributed by atoms with van der Waals surface area (Å²) in [6.45, 7) is 2.41. The SMILES string of the molecule is CC1CCC(C2CCC(CCC3CCC(C4CCC(F)C(F)C4)C(F)C3)CC2)CC1. The zero-order chi connectivity index (χ0) is 21.1. The van der Waals surface area contributed by atoms with Gasteiger partial charge in [-0.3, -0.25) is 0 Å². The number of rotatable bonds is 5. The number of alkyl halides is 3. The fourth-order valence-corrected chi connectivity index (χ4v) is 7.69. The van der Waals surface area contributed by atoms with Gasteiger partial charge in [-0.05, 0) is 106 Å². The van der Waals surface area contributed by atoms with Crippen LogP contribution < -0.4 is 0 Å². The van der Waals surface area contributed by atoms with Crippen LogP contribution in [0.3, 0.4) is 0 Å². The van der Waals surface area contributed by atoms with E-state index in [0.29, 0.717) is 25.2 Å².